The maximum Gasteiger partial charge on any atom is 0.416 e. The Bertz CT molecular complexity index is 612. The van der Waals surface area contributed by atoms with Crippen molar-refractivity contribution in [3.8, 4) is 5.75 Å². The number of oxazole rings is 1. The smallest absolute Gasteiger partial charge is 0.416 e. The van der Waals surface area contributed by atoms with Crippen LogP contribution in [0.4, 0.5) is 8.78 Å². The standard InChI is InChI=1S/C13H13F2NO3S/c14-9-2-3-12(11(15)6-9)18-4-1-5-20-8-10-7-16-13(17)19-10/h2-3,6-7H,1,4-5,8H2,(H,16,17). The molecule has 2 aromatic rings. The summed E-state index contributed by atoms with van der Waals surface area (Å²) in [5.74, 6) is 0.209. The topological polar surface area (TPSA) is 55.2 Å². The first-order chi connectivity index (χ1) is 9.65. The number of benzene rings is 1. The van der Waals surface area contributed by atoms with E-state index in [-0.39, 0.29) is 5.75 Å². The minimum absolute atomic E-state index is 0.0491. The Morgan fingerprint density at radius 1 is 1.35 bits per heavy atom. The average molecular weight is 301 g/mol. The highest BCUT2D eigenvalue weighted by Gasteiger charge is 2.04. The normalized spacial score (nSPS) is 10.7. The highest BCUT2D eigenvalue weighted by molar-refractivity contribution is 7.98. The predicted octanol–water partition coefficient (Wildman–Crippen LogP) is 2.95. The molecule has 1 aromatic carbocycles. The number of hydrogen-bond acceptors (Lipinski definition) is 4. The molecule has 0 atom stereocenters. The minimum Gasteiger partial charge on any atom is -0.490 e. The van der Waals surface area contributed by atoms with Crippen molar-refractivity contribution in [2.24, 2.45) is 0 Å². The zero-order valence-corrected chi connectivity index (χ0v) is 11.3. The van der Waals surface area contributed by atoms with Gasteiger partial charge in [0.15, 0.2) is 11.6 Å². The second-order valence-corrected chi connectivity index (χ2v) is 5.08. The van der Waals surface area contributed by atoms with Crippen LogP contribution in [0.1, 0.15) is 12.2 Å². The molecule has 0 saturated carbocycles. The third-order valence-electron chi connectivity index (χ3n) is 2.40. The Hall–Kier alpha value is -1.76. The summed E-state index contributed by atoms with van der Waals surface area (Å²) in [7, 11) is 0. The van der Waals surface area contributed by atoms with E-state index < -0.39 is 17.4 Å². The van der Waals surface area contributed by atoms with E-state index in [1.807, 2.05) is 0 Å². The minimum atomic E-state index is -0.702. The molecule has 0 amide bonds. The Labute approximate surface area is 118 Å². The number of rotatable bonds is 7. The van der Waals surface area contributed by atoms with Gasteiger partial charge in [-0.25, -0.2) is 13.6 Å². The van der Waals surface area contributed by atoms with Gasteiger partial charge in [0.05, 0.1) is 12.4 Å². The van der Waals surface area contributed by atoms with Crippen molar-refractivity contribution < 1.29 is 17.9 Å². The number of aromatic amines is 1. The van der Waals surface area contributed by atoms with Gasteiger partial charge in [-0.3, -0.25) is 4.98 Å². The fourth-order valence-corrected chi connectivity index (χ4v) is 2.31. The van der Waals surface area contributed by atoms with E-state index in [0.717, 1.165) is 17.9 Å². The van der Waals surface area contributed by atoms with Crippen LogP contribution in [0, 0.1) is 11.6 Å². The second kappa shape index (κ2) is 7.14. The molecule has 108 valence electrons. The maximum absolute atomic E-state index is 13.2. The van der Waals surface area contributed by atoms with Crippen molar-refractivity contribution in [3.05, 3.63) is 52.3 Å². The summed E-state index contributed by atoms with van der Waals surface area (Å²) in [6.07, 6.45) is 2.23. The molecule has 4 nitrogen and oxygen atoms in total. The number of aromatic nitrogens is 1. The Morgan fingerprint density at radius 2 is 2.20 bits per heavy atom. The molecule has 0 bridgehead atoms. The molecule has 0 unspecified atom stereocenters. The summed E-state index contributed by atoms with van der Waals surface area (Å²) in [6.45, 7) is 0.340. The quantitative estimate of drug-likeness (QED) is 0.799. The van der Waals surface area contributed by atoms with Gasteiger partial charge in [-0.1, -0.05) is 0 Å². The van der Waals surface area contributed by atoms with Crippen LogP contribution >= 0.6 is 11.8 Å². The van der Waals surface area contributed by atoms with Gasteiger partial charge in [-0.05, 0) is 24.3 Å². The Balaban J connectivity index is 1.63. The molecule has 2 rings (SSSR count). The molecule has 0 radical (unpaired) electrons. The fraction of sp³-hybridized carbons (Fsp3) is 0.308. The van der Waals surface area contributed by atoms with E-state index in [4.69, 9.17) is 9.15 Å². The van der Waals surface area contributed by atoms with Crippen molar-refractivity contribution in [1.29, 1.82) is 0 Å². The summed E-state index contributed by atoms with van der Waals surface area (Å²) in [5, 5.41) is 0. The SMILES string of the molecule is O=c1[nH]cc(CSCCCOc2ccc(F)cc2F)o1. The maximum atomic E-state index is 13.2. The predicted molar refractivity (Wildman–Crippen MR) is 72.0 cm³/mol. The number of ether oxygens (including phenoxy) is 1. The fourth-order valence-electron chi connectivity index (χ4n) is 1.50. The molecule has 20 heavy (non-hydrogen) atoms. The van der Waals surface area contributed by atoms with Crippen LogP contribution in [0.2, 0.25) is 0 Å². The molecule has 0 fully saturated rings. The number of H-pyrrole nitrogens is 1. The zero-order chi connectivity index (χ0) is 14.4. The van der Waals surface area contributed by atoms with E-state index in [2.05, 4.69) is 4.98 Å². The van der Waals surface area contributed by atoms with Crippen molar-refractivity contribution in [3.63, 3.8) is 0 Å². The van der Waals surface area contributed by atoms with Crippen LogP contribution in [0.25, 0.3) is 0 Å². The summed E-state index contributed by atoms with van der Waals surface area (Å²) in [4.78, 5) is 13.1. The molecule has 1 aromatic heterocycles. The van der Waals surface area contributed by atoms with E-state index in [1.54, 1.807) is 11.8 Å². The zero-order valence-electron chi connectivity index (χ0n) is 10.5. The molecule has 0 saturated heterocycles. The molecule has 0 aliphatic heterocycles. The van der Waals surface area contributed by atoms with Gasteiger partial charge in [0.1, 0.15) is 11.6 Å². The summed E-state index contributed by atoms with van der Waals surface area (Å²) < 4.78 is 36.0. The molecule has 1 heterocycles. The Morgan fingerprint density at radius 3 is 2.90 bits per heavy atom. The average Bonchev–Trinajstić information content (AvgIpc) is 2.81. The van der Waals surface area contributed by atoms with Crippen LogP contribution in [-0.4, -0.2) is 17.3 Å². The first-order valence-corrected chi connectivity index (χ1v) is 7.13. The van der Waals surface area contributed by atoms with Gasteiger partial charge < -0.3 is 9.15 Å². The molecule has 1 N–H and O–H groups in total. The van der Waals surface area contributed by atoms with Crippen molar-refractivity contribution in [1.82, 2.24) is 4.98 Å². The monoisotopic (exact) mass is 301 g/mol. The number of halogens is 2. The van der Waals surface area contributed by atoms with Gasteiger partial charge in [0.2, 0.25) is 0 Å². The van der Waals surface area contributed by atoms with Crippen LogP contribution in [0.5, 0.6) is 5.75 Å². The van der Waals surface area contributed by atoms with E-state index in [9.17, 15) is 13.6 Å². The van der Waals surface area contributed by atoms with Crippen molar-refractivity contribution in [2.75, 3.05) is 12.4 Å². The molecule has 0 spiro atoms. The summed E-state index contributed by atoms with van der Waals surface area (Å²) in [5.41, 5.74) is 0. The molecule has 0 aliphatic carbocycles. The van der Waals surface area contributed by atoms with E-state index >= 15 is 0 Å². The number of thioether (sulfide) groups is 1. The molecular formula is C13H13F2NO3S. The Kier molecular flexibility index (Phi) is 5.23. The van der Waals surface area contributed by atoms with E-state index in [0.29, 0.717) is 24.5 Å². The number of hydrogen-bond donors (Lipinski definition) is 1. The summed E-state index contributed by atoms with van der Waals surface area (Å²) in [6, 6.07) is 3.21. The summed E-state index contributed by atoms with van der Waals surface area (Å²) >= 11 is 1.58. The van der Waals surface area contributed by atoms with Gasteiger partial charge >= 0.3 is 5.76 Å². The lowest BCUT2D eigenvalue weighted by Gasteiger charge is -2.06. The van der Waals surface area contributed by atoms with Crippen molar-refractivity contribution >= 4 is 11.8 Å². The van der Waals surface area contributed by atoms with Gasteiger partial charge in [0.25, 0.3) is 0 Å². The third kappa shape index (κ3) is 4.41. The lowest BCUT2D eigenvalue weighted by molar-refractivity contribution is 0.301. The second-order valence-electron chi connectivity index (χ2n) is 3.97. The van der Waals surface area contributed by atoms with Crippen LogP contribution in [-0.2, 0) is 5.75 Å². The lowest BCUT2D eigenvalue weighted by Crippen LogP contribution is -2.01. The molecule has 7 heteroatoms. The number of nitrogens with one attached hydrogen (secondary N) is 1. The highest BCUT2D eigenvalue weighted by atomic mass is 32.2. The molecule has 0 aliphatic rings. The van der Waals surface area contributed by atoms with Gasteiger partial charge in [-0.15, -0.1) is 0 Å². The van der Waals surface area contributed by atoms with Crippen LogP contribution < -0.4 is 10.5 Å². The first-order valence-electron chi connectivity index (χ1n) is 5.98. The first kappa shape index (κ1) is 14.6. The van der Waals surface area contributed by atoms with Crippen LogP contribution in [0.3, 0.4) is 0 Å². The molecular weight excluding hydrogens is 288 g/mol. The van der Waals surface area contributed by atoms with Gasteiger partial charge in [-0.2, -0.15) is 11.8 Å². The highest BCUT2D eigenvalue weighted by Crippen LogP contribution is 2.18. The van der Waals surface area contributed by atoms with Crippen molar-refractivity contribution in [2.45, 2.75) is 12.2 Å². The van der Waals surface area contributed by atoms with Gasteiger partial charge in [0, 0.05) is 12.3 Å². The largest absolute Gasteiger partial charge is 0.490 e. The van der Waals surface area contributed by atoms with Crippen LogP contribution in [0.15, 0.2) is 33.6 Å². The third-order valence-corrected chi connectivity index (χ3v) is 3.47. The lowest BCUT2D eigenvalue weighted by atomic mass is 10.3. The van der Waals surface area contributed by atoms with E-state index in [1.165, 1.54) is 12.3 Å².